The zero-order chi connectivity index (χ0) is 33.3. The van der Waals surface area contributed by atoms with Gasteiger partial charge in [0.05, 0.1) is 30.8 Å². The maximum Gasteiger partial charge on any atom is 0.303 e. The molecule has 1 aromatic carbocycles. The lowest BCUT2D eigenvalue weighted by molar-refractivity contribution is -0.142. The number of allylic oxidation sites excluding steroid dienone is 2. The number of halogens is 1. The number of methoxy groups -OCH3 is 1. The van der Waals surface area contributed by atoms with Crippen molar-refractivity contribution in [2.75, 3.05) is 20.2 Å². The zero-order valence-electron chi connectivity index (χ0n) is 25.7. The van der Waals surface area contributed by atoms with Gasteiger partial charge in [-0.3, -0.25) is 38.6 Å². The van der Waals surface area contributed by atoms with Gasteiger partial charge in [-0.25, -0.2) is 0 Å². The minimum Gasteiger partial charge on any atom is -0.504 e. The van der Waals surface area contributed by atoms with Crippen LogP contribution in [0, 0.1) is 29.6 Å². The number of carboxylic acid groups (broad SMARTS) is 2. The summed E-state index contributed by atoms with van der Waals surface area (Å²) < 4.78 is 6.00. The maximum atomic E-state index is 14.0. The third kappa shape index (κ3) is 6.30. The van der Waals surface area contributed by atoms with Crippen molar-refractivity contribution >= 4 is 51.5 Å². The minimum atomic E-state index is -0.905. The van der Waals surface area contributed by atoms with Gasteiger partial charge in [-0.2, -0.15) is 0 Å². The molecule has 0 spiro atoms. The van der Waals surface area contributed by atoms with E-state index in [0.29, 0.717) is 48.6 Å². The van der Waals surface area contributed by atoms with Crippen molar-refractivity contribution in [3.05, 3.63) is 33.8 Å². The summed E-state index contributed by atoms with van der Waals surface area (Å²) in [5.41, 5.74) is 1.15. The number of aliphatic carboxylic acids is 2. The zero-order valence-corrected chi connectivity index (χ0v) is 27.2. The first-order valence-corrected chi connectivity index (χ1v) is 16.7. The molecule has 46 heavy (non-hydrogen) atoms. The monoisotopic (exact) mass is 702 g/mol. The second kappa shape index (κ2) is 13.9. The molecule has 1 aromatic rings. The summed E-state index contributed by atoms with van der Waals surface area (Å²) in [5, 5.41) is 29.2. The number of fused-ring (bicyclic) bond motifs is 4. The predicted octanol–water partition coefficient (Wildman–Crippen LogP) is 4.09. The van der Waals surface area contributed by atoms with Crippen molar-refractivity contribution in [2.24, 2.45) is 29.6 Å². The van der Waals surface area contributed by atoms with Gasteiger partial charge < -0.3 is 20.1 Å². The number of hydrogen-bond acceptors (Lipinski definition) is 8. The molecule has 248 valence electrons. The number of phenols is 1. The Hall–Kier alpha value is -3.74. The summed E-state index contributed by atoms with van der Waals surface area (Å²) in [6.07, 6.45) is 5.34. The Kier molecular flexibility index (Phi) is 10.2. The average Bonchev–Trinajstić information content (AvgIpc) is 3.40. The van der Waals surface area contributed by atoms with Gasteiger partial charge >= 0.3 is 11.9 Å². The van der Waals surface area contributed by atoms with Crippen molar-refractivity contribution in [1.82, 2.24) is 9.80 Å². The van der Waals surface area contributed by atoms with Crippen molar-refractivity contribution in [3.8, 4) is 11.5 Å². The highest BCUT2D eigenvalue weighted by Crippen LogP contribution is 2.59. The van der Waals surface area contributed by atoms with E-state index in [1.807, 2.05) is 6.08 Å². The van der Waals surface area contributed by atoms with E-state index in [9.17, 15) is 33.9 Å². The number of likely N-dealkylation sites (tertiary alicyclic amines) is 2. The van der Waals surface area contributed by atoms with E-state index in [2.05, 4.69) is 15.9 Å². The molecule has 2 heterocycles. The van der Waals surface area contributed by atoms with Crippen LogP contribution in [0.15, 0.2) is 28.3 Å². The molecule has 2 aliphatic carbocycles. The summed E-state index contributed by atoms with van der Waals surface area (Å²) in [6, 6.07) is 3.30. The Bertz CT molecular complexity index is 1470. The summed E-state index contributed by atoms with van der Waals surface area (Å²) in [5.74, 6) is -7.23. The molecule has 6 unspecified atom stereocenters. The molecule has 2 aliphatic heterocycles. The van der Waals surface area contributed by atoms with Crippen LogP contribution in [0.2, 0.25) is 0 Å². The fraction of sp³-hybridized carbons (Fsp3) is 0.576. The van der Waals surface area contributed by atoms with Gasteiger partial charge in [0, 0.05) is 41.9 Å². The van der Waals surface area contributed by atoms with Crippen LogP contribution in [-0.4, -0.2) is 80.9 Å². The normalized spacial score (nSPS) is 27.0. The molecule has 13 heteroatoms. The summed E-state index contributed by atoms with van der Waals surface area (Å²) in [6.45, 7) is 0.339. The van der Waals surface area contributed by atoms with Gasteiger partial charge in [0.25, 0.3) is 0 Å². The highest BCUT2D eigenvalue weighted by atomic mass is 79.9. The van der Waals surface area contributed by atoms with Crippen molar-refractivity contribution in [1.29, 1.82) is 0 Å². The van der Waals surface area contributed by atoms with E-state index >= 15 is 0 Å². The van der Waals surface area contributed by atoms with Gasteiger partial charge in [-0.1, -0.05) is 40.4 Å². The quantitative estimate of drug-likeness (QED) is 0.145. The van der Waals surface area contributed by atoms with Crippen molar-refractivity contribution < 1.29 is 48.8 Å². The SMILES string of the molecule is COc1cc(Br)cc(C2C3=CCC4C(=O)N(CCCCCC(=O)O)C(=O)C4C3CC3C(=O)N(CCCCCC(=O)O)C(=O)C32)c1O. The van der Waals surface area contributed by atoms with Crippen LogP contribution in [0.1, 0.15) is 75.7 Å². The second-order valence-corrected chi connectivity index (χ2v) is 13.6. The Labute approximate surface area is 274 Å². The summed E-state index contributed by atoms with van der Waals surface area (Å²) in [4.78, 5) is 79.6. The van der Waals surface area contributed by atoms with Crippen LogP contribution >= 0.6 is 15.9 Å². The molecule has 3 fully saturated rings. The number of unbranched alkanes of at least 4 members (excludes halogenated alkanes) is 4. The van der Waals surface area contributed by atoms with Crippen molar-refractivity contribution in [2.45, 2.75) is 70.1 Å². The van der Waals surface area contributed by atoms with E-state index in [1.165, 1.54) is 16.9 Å². The lowest BCUT2D eigenvalue weighted by Gasteiger charge is -2.44. The average molecular weight is 704 g/mol. The molecule has 1 saturated carbocycles. The predicted molar refractivity (Wildman–Crippen MR) is 166 cm³/mol. The second-order valence-electron chi connectivity index (χ2n) is 12.6. The highest BCUT2D eigenvalue weighted by molar-refractivity contribution is 9.10. The molecule has 4 amide bonds. The van der Waals surface area contributed by atoms with Gasteiger partial charge in [0.15, 0.2) is 11.5 Å². The molecule has 0 bridgehead atoms. The van der Waals surface area contributed by atoms with Gasteiger partial charge in [-0.15, -0.1) is 0 Å². The number of hydrogen-bond donors (Lipinski definition) is 3. The molecular formula is C33H39BrN2O10. The molecule has 0 aromatic heterocycles. The number of nitrogens with zero attached hydrogens (tertiary/aromatic N) is 2. The first kappa shape index (κ1) is 33.6. The topological polar surface area (TPSA) is 179 Å². The number of phenolic OH excluding ortho intramolecular Hbond substituents is 1. The van der Waals surface area contributed by atoms with Crippen LogP contribution in [-0.2, 0) is 28.8 Å². The van der Waals surface area contributed by atoms with Gasteiger partial charge in [0.1, 0.15) is 0 Å². The maximum absolute atomic E-state index is 14.0. The van der Waals surface area contributed by atoms with E-state index in [4.69, 9.17) is 14.9 Å². The van der Waals surface area contributed by atoms with E-state index in [0.717, 1.165) is 5.57 Å². The Morgan fingerprint density at radius 3 is 1.93 bits per heavy atom. The molecule has 6 atom stereocenters. The summed E-state index contributed by atoms with van der Waals surface area (Å²) in [7, 11) is 1.41. The summed E-state index contributed by atoms with van der Waals surface area (Å²) >= 11 is 3.47. The number of carboxylic acids is 2. The Balaban J connectivity index is 1.46. The fourth-order valence-electron chi connectivity index (χ4n) is 7.94. The smallest absolute Gasteiger partial charge is 0.303 e. The number of carbonyl (C=O) groups excluding carboxylic acids is 4. The van der Waals surface area contributed by atoms with Crippen LogP contribution in [0.3, 0.4) is 0 Å². The van der Waals surface area contributed by atoms with Crippen LogP contribution in [0.4, 0.5) is 0 Å². The van der Waals surface area contributed by atoms with Gasteiger partial charge in [0.2, 0.25) is 23.6 Å². The van der Waals surface area contributed by atoms with E-state index < -0.39 is 47.4 Å². The number of ether oxygens (including phenoxy) is 1. The molecule has 3 N–H and O–H groups in total. The molecule has 0 radical (unpaired) electrons. The fourth-order valence-corrected chi connectivity index (χ4v) is 8.40. The lowest BCUT2D eigenvalue weighted by Crippen LogP contribution is -2.43. The van der Waals surface area contributed by atoms with Crippen LogP contribution < -0.4 is 4.74 Å². The molecule has 12 nitrogen and oxygen atoms in total. The number of imide groups is 2. The number of amides is 4. The molecule has 5 rings (SSSR count). The van der Waals surface area contributed by atoms with E-state index in [-0.39, 0.29) is 73.9 Å². The van der Waals surface area contributed by atoms with Crippen LogP contribution in [0.25, 0.3) is 0 Å². The van der Waals surface area contributed by atoms with Crippen molar-refractivity contribution in [3.63, 3.8) is 0 Å². The highest BCUT2D eigenvalue weighted by Gasteiger charge is 2.62. The Morgan fingerprint density at radius 2 is 1.37 bits per heavy atom. The first-order chi connectivity index (χ1) is 22.0. The van der Waals surface area contributed by atoms with Crippen LogP contribution in [0.5, 0.6) is 11.5 Å². The van der Waals surface area contributed by atoms with E-state index in [1.54, 1.807) is 12.1 Å². The standard InChI is InChI=1S/C33H39BrN2O10/c1-46-23-15-17(34)14-21(29(23)41)26-18-10-11-19-27(32(44)35(30(19)42)12-6-2-4-8-24(37)38)20(18)16-22-28(26)33(45)36(31(22)43)13-7-3-5-9-25(39)40/h10,14-15,19-20,22,26-28,41H,2-9,11-13,16H2,1H3,(H,37,38)(H,39,40). The number of carbonyl (C=O) groups is 6. The number of aromatic hydroxyl groups is 1. The first-order valence-electron chi connectivity index (χ1n) is 15.9. The number of rotatable bonds is 14. The van der Waals surface area contributed by atoms with Gasteiger partial charge in [-0.05, 0) is 56.6 Å². The molecular weight excluding hydrogens is 664 g/mol. The number of benzene rings is 1. The minimum absolute atomic E-state index is 0.00367. The largest absolute Gasteiger partial charge is 0.504 e. The molecule has 2 saturated heterocycles. The lowest BCUT2D eigenvalue weighted by atomic mass is 9.57. The third-order valence-corrected chi connectivity index (χ3v) is 10.5. The molecule has 4 aliphatic rings. The third-order valence-electron chi connectivity index (χ3n) is 10.00. The Morgan fingerprint density at radius 1 is 0.804 bits per heavy atom.